The van der Waals surface area contributed by atoms with Crippen LogP contribution in [0.25, 0.3) is 0 Å². The zero-order valence-electron chi connectivity index (χ0n) is 11.8. The van der Waals surface area contributed by atoms with Gasteiger partial charge in [-0.1, -0.05) is 0 Å². The van der Waals surface area contributed by atoms with E-state index in [0.717, 1.165) is 12.1 Å². The van der Waals surface area contributed by atoms with Crippen LogP contribution in [0.4, 0.5) is 30.5 Å². The van der Waals surface area contributed by atoms with Crippen LogP contribution < -0.4 is 10.6 Å². The third-order valence-corrected chi connectivity index (χ3v) is 2.76. The summed E-state index contributed by atoms with van der Waals surface area (Å²) in [7, 11) is 1.60. The molecule has 118 valence electrons. The SMILES string of the molecule is COCCNc1cc(Nc2ccc(C(F)(F)F)cc2)ncn1. The highest BCUT2D eigenvalue weighted by Crippen LogP contribution is 2.30. The average molecular weight is 312 g/mol. The molecule has 0 aliphatic rings. The van der Waals surface area contributed by atoms with Gasteiger partial charge in [-0.05, 0) is 24.3 Å². The molecule has 0 amide bonds. The number of ether oxygens (including phenoxy) is 1. The molecule has 2 rings (SSSR count). The Morgan fingerprint density at radius 3 is 2.41 bits per heavy atom. The summed E-state index contributed by atoms with van der Waals surface area (Å²) in [5.74, 6) is 1.08. The van der Waals surface area contributed by atoms with Gasteiger partial charge in [0.15, 0.2) is 0 Å². The molecule has 1 aromatic carbocycles. The molecule has 0 atom stereocenters. The number of halogens is 3. The van der Waals surface area contributed by atoms with Gasteiger partial charge in [-0.2, -0.15) is 13.2 Å². The Balaban J connectivity index is 2.02. The van der Waals surface area contributed by atoms with E-state index in [0.29, 0.717) is 30.5 Å². The molecule has 22 heavy (non-hydrogen) atoms. The summed E-state index contributed by atoms with van der Waals surface area (Å²) >= 11 is 0. The van der Waals surface area contributed by atoms with Crippen LogP contribution in [0.1, 0.15) is 5.56 Å². The molecule has 0 unspecified atom stereocenters. The summed E-state index contributed by atoms with van der Waals surface area (Å²) in [5.41, 5.74) is -0.183. The first-order chi connectivity index (χ1) is 10.5. The number of hydrogen-bond donors (Lipinski definition) is 2. The third-order valence-electron chi connectivity index (χ3n) is 2.76. The molecular weight excluding hydrogens is 297 g/mol. The minimum Gasteiger partial charge on any atom is -0.383 e. The molecule has 5 nitrogen and oxygen atoms in total. The van der Waals surface area contributed by atoms with E-state index in [1.54, 1.807) is 13.2 Å². The Morgan fingerprint density at radius 2 is 1.77 bits per heavy atom. The second kappa shape index (κ2) is 7.08. The smallest absolute Gasteiger partial charge is 0.383 e. The first-order valence-electron chi connectivity index (χ1n) is 6.48. The van der Waals surface area contributed by atoms with E-state index in [2.05, 4.69) is 20.6 Å². The van der Waals surface area contributed by atoms with Gasteiger partial charge in [0.2, 0.25) is 0 Å². The number of alkyl halides is 3. The molecule has 0 aliphatic heterocycles. The van der Waals surface area contributed by atoms with E-state index in [1.807, 2.05) is 0 Å². The number of nitrogens with zero attached hydrogens (tertiary/aromatic N) is 2. The number of methoxy groups -OCH3 is 1. The predicted molar refractivity (Wildman–Crippen MR) is 77.1 cm³/mol. The Labute approximate surface area is 125 Å². The molecular formula is C14H15F3N4O. The van der Waals surface area contributed by atoms with Crippen LogP contribution in [0.2, 0.25) is 0 Å². The molecule has 1 aromatic heterocycles. The number of rotatable bonds is 6. The van der Waals surface area contributed by atoms with Gasteiger partial charge in [-0.3, -0.25) is 0 Å². The minimum absolute atomic E-state index is 0.481. The van der Waals surface area contributed by atoms with Gasteiger partial charge in [-0.15, -0.1) is 0 Å². The highest BCUT2D eigenvalue weighted by molar-refractivity contribution is 5.59. The van der Waals surface area contributed by atoms with Crippen molar-refractivity contribution in [1.29, 1.82) is 0 Å². The maximum Gasteiger partial charge on any atom is 0.416 e. The lowest BCUT2D eigenvalue weighted by Crippen LogP contribution is -2.09. The summed E-state index contributed by atoms with van der Waals surface area (Å²) in [4.78, 5) is 8.05. The Hall–Kier alpha value is -2.35. The van der Waals surface area contributed by atoms with Crippen LogP contribution in [0.15, 0.2) is 36.7 Å². The van der Waals surface area contributed by atoms with Gasteiger partial charge in [0.25, 0.3) is 0 Å². The number of benzene rings is 1. The van der Waals surface area contributed by atoms with Gasteiger partial charge in [0.05, 0.1) is 12.2 Å². The topological polar surface area (TPSA) is 59.1 Å². The van der Waals surface area contributed by atoms with E-state index in [1.165, 1.54) is 18.5 Å². The van der Waals surface area contributed by atoms with Crippen LogP contribution in [-0.4, -0.2) is 30.2 Å². The highest BCUT2D eigenvalue weighted by atomic mass is 19.4. The van der Waals surface area contributed by atoms with Crippen LogP contribution in [0.5, 0.6) is 0 Å². The van der Waals surface area contributed by atoms with Crippen molar-refractivity contribution in [3.05, 3.63) is 42.2 Å². The van der Waals surface area contributed by atoms with Gasteiger partial charge in [0, 0.05) is 25.4 Å². The second-order valence-electron chi connectivity index (χ2n) is 4.41. The molecule has 2 N–H and O–H groups in total. The van der Waals surface area contributed by atoms with Gasteiger partial charge in [0.1, 0.15) is 18.0 Å². The molecule has 0 saturated heterocycles. The maximum atomic E-state index is 12.5. The van der Waals surface area contributed by atoms with Crippen molar-refractivity contribution in [2.24, 2.45) is 0 Å². The fourth-order valence-corrected chi connectivity index (χ4v) is 1.69. The largest absolute Gasteiger partial charge is 0.416 e. The lowest BCUT2D eigenvalue weighted by atomic mass is 10.2. The summed E-state index contributed by atoms with van der Waals surface area (Å²) < 4.78 is 42.4. The van der Waals surface area contributed by atoms with Crippen LogP contribution in [0.3, 0.4) is 0 Å². The fourth-order valence-electron chi connectivity index (χ4n) is 1.69. The average Bonchev–Trinajstić information content (AvgIpc) is 2.48. The maximum absolute atomic E-state index is 12.5. The molecule has 0 aliphatic carbocycles. The van der Waals surface area contributed by atoms with Crippen LogP contribution in [-0.2, 0) is 10.9 Å². The number of hydrogen-bond acceptors (Lipinski definition) is 5. The highest BCUT2D eigenvalue weighted by Gasteiger charge is 2.29. The summed E-state index contributed by atoms with van der Waals surface area (Å²) in [6, 6.07) is 6.39. The van der Waals surface area contributed by atoms with Gasteiger partial charge in [-0.25, -0.2) is 9.97 Å². The lowest BCUT2D eigenvalue weighted by Gasteiger charge is -2.10. The number of anilines is 3. The Morgan fingerprint density at radius 1 is 1.09 bits per heavy atom. The number of nitrogens with one attached hydrogen (secondary N) is 2. The van der Waals surface area contributed by atoms with Crippen molar-refractivity contribution in [3.63, 3.8) is 0 Å². The summed E-state index contributed by atoms with van der Waals surface area (Å²) in [5, 5.41) is 5.96. The summed E-state index contributed by atoms with van der Waals surface area (Å²) in [6.45, 7) is 1.12. The minimum atomic E-state index is -4.34. The van der Waals surface area contributed by atoms with Crippen LogP contribution >= 0.6 is 0 Å². The van der Waals surface area contributed by atoms with E-state index >= 15 is 0 Å². The first-order valence-corrected chi connectivity index (χ1v) is 6.48. The van der Waals surface area contributed by atoms with E-state index < -0.39 is 11.7 Å². The fraction of sp³-hybridized carbons (Fsp3) is 0.286. The van der Waals surface area contributed by atoms with Crippen molar-refractivity contribution in [2.45, 2.75) is 6.18 Å². The van der Waals surface area contributed by atoms with Crippen molar-refractivity contribution in [2.75, 3.05) is 30.9 Å². The number of aromatic nitrogens is 2. The molecule has 2 aromatic rings. The Kier molecular flexibility index (Phi) is 5.16. The van der Waals surface area contributed by atoms with E-state index in [4.69, 9.17) is 4.74 Å². The second-order valence-corrected chi connectivity index (χ2v) is 4.41. The van der Waals surface area contributed by atoms with Crippen molar-refractivity contribution >= 4 is 17.3 Å². The zero-order chi connectivity index (χ0) is 16.0. The van der Waals surface area contributed by atoms with Crippen molar-refractivity contribution in [1.82, 2.24) is 9.97 Å². The summed E-state index contributed by atoms with van der Waals surface area (Å²) in [6.07, 6.45) is -2.98. The van der Waals surface area contributed by atoms with Crippen LogP contribution in [0, 0.1) is 0 Å². The van der Waals surface area contributed by atoms with E-state index in [9.17, 15) is 13.2 Å². The first kappa shape index (κ1) is 16.0. The zero-order valence-corrected chi connectivity index (χ0v) is 11.8. The molecule has 1 heterocycles. The van der Waals surface area contributed by atoms with E-state index in [-0.39, 0.29) is 0 Å². The molecule has 0 bridgehead atoms. The molecule has 0 radical (unpaired) electrons. The third kappa shape index (κ3) is 4.59. The van der Waals surface area contributed by atoms with Crippen molar-refractivity contribution < 1.29 is 17.9 Å². The monoisotopic (exact) mass is 312 g/mol. The van der Waals surface area contributed by atoms with Gasteiger partial charge < -0.3 is 15.4 Å². The van der Waals surface area contributed by atoms with Gasteiger partial charge >= 0.3 is 6.18 Å². The predicted octanol–water partition coefficient (Wildman–Crippen LogP) is 3.30. The molecule has 0 fully saturated rings. The molecule has 0 spiro atoms. The van der Waals surface area contributed by atoms with Crippen molar-refractivity contribution in [3.8, 4) is 0 Å². The quantitative estimate of drug-likeness (QED) is 0.802. The normalized spacial score (nSPS) is 11.3. The Bertz CT molecular complexity index is 602. The standard InChI is InChI=1S/C14H15F3N4O/c1-22-7-6-18-12-8-13(20-9-19-12)21-11-4-2-10(3-5-11)14(15,16)17/h2-5,8-9H,6-7H2,1H3,(H2,18,19,20,21). The lowest BCUT2D eigenvalue weighted by molar-refractivity contribution is -0.137. The molecule has 8 heteroatoms. The molecule has 0 saturated carbocycles.